The van der Waals surface area contributed by atoms with Crippen LogP contribution in [0.15, 0.2) is 66.7 Å². The zero-order valence-electron chi connectivity index (χ0n) is 17.1. The molecule has 1 amide bonds. The Morgan fingerprint density at radius 1 is 0.903 bits per heavy atom. The molecule has 0 saturated carbocycles. The largest absolute Gasteiger partial charge is 0.350 e. The molecule has 1 saturated heterocycles. The van der Waals surface area contributed by atoms with Gasteiger partial charge >= 0.3 is 0 Å². The van der Waals surface area contributed by atoms with Gasteiger partial charge in [-0.1, -0.05) is 24.3 Å². The summed E-state index contributed by atoms with van der Waals surface area (Å²) in [6, 6.07) is 18.0. The van der Waals surface area contributed by atoms with E-state index in [1.165, 1.54) is 24.3 Å². The summed E-state index contributed by atoms with van der Waals surface area (Å²) in [5, 5.41) is 6.38. The molecule has 31 heavy (non-hydrogen) atoms. The zero-order chi connectivity index (χ0) is 21.8. The highest BCUT2D eigenvalue weighted by Gasteiger charge is 2.23. The average Bonchev–Trinajstić information content (AvgIpc) is 3.26. The van der Waals surface area contributed by atoms with Crippen molar-refractivity contribution in [2.75, 3.05) is 19.6 Å². The highest BCUT2D eigenvalue weighted by atomic mass is 19.1. The molecule has 0 aromatic heterocycles. The molecule has 0 aliphatic carbocycles. The van der Waals surface area contributed by atoms with Gasteiger partial charge in [-0.3, -0.25) is 4.79 Å². The average molecular weight is 421 g/mol. The first kappa shape index (κ1) is 21.2. The molecule has 6 heteroatoms. The lowest BCUT2D eigenvalue weighted by atomic mass is 9.95. The Morgan fingerprint density at radius 2 is 1.45 bits per heavy atom. The molecule has 4 nitrogen and oxygen atoms in total. The minimum atomic E-state index is -0.323. The van der Waals surface area contributed by atoms with Crippen molar-refractivity contribution >= 4 is 5.91 Å². The van der Waals surface area contributed by atoms with Gasteiger partial charge in [-0.25, -0.2) is 8.78 Å². The van der Waals surface area contributed by atoms with E-state index in [1.807, 2.05) is 6.07 Å². The van der Waals surface area contributed by atoms with Crippen molar-refractivity contribution in [3.05, 3.63) is 83.9 Å². The van der Waals surface area contributed by atoms with E-state index in [0.29, 0.717) is 24.6 Å². The molecular weight excluding hydrogens is 396 g/mol. The van der Waals surface area contributed by atoms with Gasteiger partial charge in [-0.15, -0.1) is 0 Å². The maximum absolute atomic E-state index is 13.4. The molecule has 3 aromatic rings. The van der Waals surface area contributed by atoms with Crippen LogP contribution in [0.2, 0.25) is 0 Å². The smallest absolute Gasteiger partial charge is 0.251 e. The third-order valence-electron chi connectivity index (χ3n) is 5.71. The Hall–Kier alpha value is -3.09. The fourth-order valence-corrected chi connectivity index (χ4v) is 3.93. The maximum atomic E-state index is 13.4. The van der Waals surface area contributed by atoms with Gasteiger partial charge in [0.05, 0.1) is 0 Å². The summed E-state index contributed by atoms with van der Waals surface area (Å²) >= 11 is 0. The molecule has 1 heterocycles. The number of nitrogens with two attached hydrogens (primary N) is 1. The minimum absolute atomic E-state index is 0.190. The molecule has 0 spiro atoms. The first-order valence-electron chi connectivity index (χ1n) is 10.4. The van der Waals surface area contributed by atoms with Crippen LogP contribution >= 0.6 is 0 Å². The van der Waals surface area contributed by atoms with Crippen LogP contribution in [0.25, 0.3) is 22.3 Å². The predicted octanol–water partition coefficient (Wildman–Crippen LogP) is 3.97. The van der Waals surface area contributed by atoms with E-state index in [1.54, 1.807) is 36.4 Å². The van der Waals surface area contributed by atoms with Crippen molar-refractivity contribution < 1.29 is 13.6 Å². The molecule has 0 radical (unpaired) electrons. The van der Waals surface area contributed by atoms with Gasteiger partial charge in [-0.2, -0.15) is 0 Å². The van der Waals surface area contributed by atoms with E-state index in [2.05, 4.69) is 10.6 Å². The van der Waals surface area contributed by atoms with E-state index in [0.717, 1.165) is 35.2 Å². The Balaban J connectivity index is 1.61. The number of hydrogen-bond acceptors (Lipinski definition) is 3. The van der Waals surface area contributed by atoms with Gasteiger partial charge in [0.1, 0.15) is 11.6 Å². The maximum Gasteiger partial charge on any atom is 0.251 e. The Bertz CT molecular complexity index is 988. The molecule has 160 valence electrons. The molecule has 4 N–H and O–H groups in total. The van der Waals surface area contributed by atoms with Crippen molar-refractivity contribution in [1.29, 1.82) is 0 Å². The second kappa shape index (κ2) is 9.37. The number of rotatable bonds is 6. The molecule has 3 aromatic carbocycles. The summed E-state index contributed by atoms with van der Waals surface area (Å²) in [5.74, 6) is -0.397. The molecule has 4 rings (SSSR count). The first-order chi connectivity index (χ1) is 15.0. The number of benzene rings is 3. The molecule has 0 unspecified atom stereocenters. The predicted molar refractivity (Wildman–Crippen MR) is 119 cm³/mol. The van der Waals surface area contributed by atoms with E-state index in [-0.39, 0.29) is 23.6 Å². The summed E-state index contributed by atoms with van der Waals surface area (Å²) in [4.78, 5) is 12.9. The summed E-state index contributed by atoms with van der Waals surface area (Å²) in [6.07, 6.45) is 0.938. The highest BCUT2D eigenvalue weighted by molar-refractivity contribution is 5.97. The van der Waals surface area contributed by atoms with Crippen molar-refractivity contribution in [2.24, 2.45) is 11.7 Å². The number of halogens is 2. The van der Waals surface area contributed by atoms with Crippen LogP contribution in [-0.2, 0) is 0 Å². The van der Waals surface area contributed by atoms with E-state index < -0.39 is 0 Å². The number of carbonyl (C=O) groups excluding carboxylic acids is 1. The standard InChI is InChI=1S/C25H25F2N3O/c26-22-5-1-17(2-6-22)19-10-20(18-3-7-23(27)8-4-18)12-21(11-19)25(31)30-15-24-9-16(13-28)14-29-24/h1-8,10-12,16,24,29H,9,13-15,28H2,(H,30,31)/t16-,24+/m1/s1. The lowest BCUT2D eigenvalue weighted by Crippen LogP contribution is -2.37. The van der Waals surface area contributed by atoms with Gasteiger partial charge in [-0.05, 0) is 90.1 Å². The van der Waals surface area contributed by atoms with Gasteiger partial charge < -0.3 is 16.4 Å². The summed E-state index contributed by atoms with van der Waals surface area (Å²) < 4.78 is 26.8. The SMILES string of the molecule is NC[C@@H]1CN[C@H](CNC(=O)c2cc(-c3ccc(F)cc3)cc(-c3ccc(F)cc3)c2)C1. The molecule has 1 aliphatic rings. The fourth-order valence-electron chi connectivity index (χ4n) is 3.93. The van der Waals surface area contributed by atoms with Crippen LogP contribution < -0.4 is 16.4 Å². The van der Waals surface area contributed by atoms with Crippen LogP contribution in [0.4, 0.5) is 8.78 Å². The number of carbonyl (C=O) groups is 1. The van der Waals surface area contributed by atoms with Crippen molar-refractivity contribution in [1.82, 2.24) is 10.6 Å². The Labute approximate surface area is 180 Å². The van der Waals surface area contributed by atoms with Crippen LogP contribution in [0, 0.1) is 17.6 Å². The monoisotopic (exact) mass is 421 g/mol. The topological polar surface area (TPSA) is 67.2 Å². The van der Waals surface area contributed by atoms with Gasteiger partial charge in [0.25, 0.3) is 5.91 Å². The lowest BCUT2D eigenvalue weighted by Gasteiger charge is -2.14. The lowest BCUT2D eigenvalue weighted by molar-refractivity contribution is 0.0950. The molecule has 1 aliphatic heterocycles. The molecule has 2 atom stereocenters. The second-order valence-corrected chi connectivity index (χ2v) is 7.97. The number of hydrogen-bond donors (Lipinski definition) is 3. The second-order valence-electron chi connectivity index (χ2n) is 7.97. The zero-order valence-corrected chi connectivity index (χ0v) is 17.1. The van der Waals surface area contributed by atoms with E-state index in [4.69, 9.17) is 5.73 Å². The minimum Gasteiger partial charge on any atom is -0.350 e. The van der Waals surface area contributed by atoms with Crippen molar-refractivity contribution in [2.45, 2.75) is 12.5 Å². The first-order valence-corrected chi connectivity index (χ1v) is 10.4. The quantitative estimate of drug-likeness (QED) is 0.564. The Morgan fingerprint density at radius 3 is 1.94 bits per heavy atom. The van der Waals surface area contributed by atoms with Crippen LogP contribution in [0.3, 0.4) is 0 Å². The number of amides is 1. The van der Waals surface area contributed by atoms with Crippen molar-refractivity contribution in [3.8, 4) is 22.3 Å². The van der Waals surface area contributed by atoms with E-state index >= 15 is 0 Å². The third kappa shape index (κ3) is 5.16. The van der Waals surface area contributed by atoms with E-state index in [9.17, 15) is 13.6 Å². The van der Waals surface area contributed by atoms with Crippen LogP contribution in [0.1, 0.15) is 16.8 Å². The summed E-state index contributed by atoms with van der Waals surface area (Å²) in [6.45, 7) is 2.02. The number of nitrogens with one attached hydrogen (secondary N) is 2. The van der Waals surface area contributed by atoms with Gasteiger partial charge in [0, 0.05) is 18.2 Å². The van der Waals surface area contributed by atoms with Crippen LogP contribution in [-0.4, -0.2) is 31.6 Å². The molecule has 0 bridgehead atoms. The normalized spacial score (nSPS) is 18.2. The molecule has 1 fully saturated rings. The van der Waals surface area contributed by atoms with Gasteiger partial charge in [0.2, 0.25) is 0 Å². The fraction of sp³-hybridized carbons (Fsp3) is 0.240. The highest BCUT2D eigenvalue weighted by Crippen LogP contribution is 2.29. The Kier molecular flexibility index (Phi) is 6.39. The molecular formula is C25H25F2N3O. The summed E-state index contributed by atoms with van der Waals surface area (Å²) in [5.41, 5.74) is 9.39. The third-order valence-corrected chi connectivity index (χ3v) is 5.71. The van der Waals surface area contributed by atoms with Gasteiger partial charge in [0.15, 0.2) is 0 Å². The van der Waals surface area contributed by atoms with Crippen LogP contribution in [0.5, 0.6) is 0 Å². The summed E-state index contributed by atoms with van der Waals surface area (Å²) in [7, 11) is 0. The van der Waals surface area contributed by atoms with Crippen molar-refractivity contribution in [3.63, 3.8) is 0 Å².